The molecule has 2 radical (unpaired) electrons. The van der Waals surface area contributed by atoms with E-state index in [0.717, 1.165) is 9.84 Å². The van der Waals surface area contributed by atoms with Gasteiger partial charge in [-0.25, -0.2) is 0 Å². The maximum Gasteiger partial charge on any atom is 0.644 e. The SMILES string of the molecule is CCCN1[Si][N+]2=C(C=C1C)CCC2. The van der Waals surface area contributed by atoms with Crippen molar-refractivity contribution in [2.45, 2.75) is 33.1 Å². The molecule has 0 aromatic heterocycles. The van der Waals surface area contributed by atoms with Crippen molar-refractivity contribution in [1.29, 1.82) is 0 Å². The predicted octanol–water partition coefficient (Wildman–Crippen LogP) is 1.40. The van der Waals surface area contributed by atoms with E-state index in [-0.39, 0.29) is 0 Å². The van der Waals surface area contributed by atoms with Gasteiger partial charge in [0, 0.05) is 31.2 Å². The lowest BCUT2D eigenvalue weighted by atomic mass is 10.2. The molecule has 0 bridgehead atoms. The van der Waals surface area contributed by atoms with Crippen LogP contribution in [0.2, 0.25) is 0 Å². The smallest absolute Gasteiger partial charge is 0.341 e. The molecule has 0 N–H and O–H groups in total. The third kappa shape index (κ3) is 1.70. The minimum absolute atomic E-state index is 0.875. The fraction of sp³-hybridized carbons (Fsp3) is 0.700. The van der Waals surface area contributed by atoms with Gasteiger partial charge in [0.1, 0.15) is 6.54 Å². The molecule has 3 heteroatoms. The van der Waals surface area contributed by atoms with E-state index < -0.39 is 0 Å². The van der Waals surface area contributed by atoms with Gasteiger partial charge in [0.2, 0.25) is 0 Å². The number of allylic oxidation sites excluding steroid dienone is 2. The number of rotatable bonds is 2. The van der Waals surface area contributed by atoms with Crippen LogP contribution in [0.1, 0.15) is 33.1 Å². The van der Waals surface area contributed by atoms with Crippen LogP contribution < -0.4 is 0 Å². The Labute approximate surface area is 82.9 Å². The standard InChI is InChI=1S/C10H17N2Si/c1-3-6-11-9(2)8-10-5-4-7-12(10)13-11/h8H,3-7H2,1-2H3/q+1. The van der Waals surface area contributed by atoms with Crippen molar-refractivity contribution in [3.05, 3.63) is 11.8 Å². The molecular formula is C10H17N2Si+. The molecule has 0 unspecified atom stereocenters. The van der Waals surface area contributed by atoms with Crippen LogP contribution in [0.3, 0.4) is 0 Å². The Hall–Kier alpha value is -0.573. The van der Waals surface area contributed by atoms with Crippen molar-refractivity contribution in [1.82, 2.24) is 4.57 Å². The molecule has 2 rings (SSSR count). The van der Waals surface area contributed by atoms with E-state index in [1.54, 1.807) is 5.71 Å². The van der Waals surface area contributed by atoms with E-state index in [0.29, 0.717) is 0 Å². The predicted molar refractivity (Wildman–Crippen MR) is 55.9 cm³/mol. The molecule has 70 valence electrons. The quantitative estimate of drug-likeness (QED) is 0.601. The monoisotopic (exact) mass is 193 g/mol. The summed E-state index contributed by atoms with van der Waals surface area (Å²) in [6, 6.07) is 0. The third-order valence-corrected chi connectivity index (χ3v) is 4.22. The highest BCUT2D eigenvalue weighted by molar-refractivity contribution is 6.26. The zero-order valence-corrected chi connectivity index (χ0v) is 9.51. The Bertz CT molecular complexity index is 268. The molecule has 0 aromatic rings. The highest BCUT2D eigenvalue weighted by Crippen LogP contribution is 2.15. The van der Waals surface area contributed by atoms with Gasteiger partial charge in [-0.2, -0.15) is 0 Å². The van der Waals surface area contributed by atoms with Gasteiger partial charge in [0.25, 0.3) is 0 Å². The first kappa shape index (κ1) is 9.00. The number of hydrogen-bond donors (Lipinski definition) is 0. The van der Waals surface area contributed by atoms with Crippen molar-refractivity contribution in [3.63, 3.8) is 0 Å². The molecule has 0 saturated carbocycles. The largest absolute Gasteiger partial charge is 0.644 e. The summed E-state index contributed by atoms with van der Waals surface area (Å²) >= 11 is 0. The van der Waals surface area contributed by atoms with E-state index in [1.165, 1.54) is 38.0 Å². The summed E-state index contributed by atoms with van der Waals surface area (Å²) in [7, 11) is 0.875. The highest BCUT2D eigenvalue weighted by Gasteiger charge is 2.31. The molecular weight excluding hydrogens is 176 g/mol. The van der Waals surface area contributed by atoms with Crippen LogP contribution in [-0.4, -0.2) is 37.5 Å². The van der Waals surface area contributed by atoms with Gasteiger partial charge in [-0.15, -0.1) is 0 Å². The Morgan fingerprint density at radius 1 is 1.62 bits per heavy atom. The number of nitrogens with zero attached hydrogens (tertiary/aromatic N) is 2. The maximum atomic E-state index is 2.54. The average molecular weight is 193 g/mol. The molecule has 0 amide bonds. The minimum Gasteiger partial charge on any atom is -0.341 e. The molecule has 2 heterocycles. The molecule has 0 fully saturated rings. The lowest BCUT2D eigenvalue weighted by molar-refractivity contribution is -0.380. The zero-order valence-electron chi connectivity index (χ0n) is 8.51. The van der Waals surface area contributed by atoms with Crippen molar-refractivity contribution in [3.8, 4) is 0 Å². The second-order valence-corrected chi connectivity index (χ2v) is 5.06. The average Bonchev–Trinajstić information content (AvgIpc) is 2.52. The van der Waals surface area contributed by atoms with Crippen molar-refractivity contribution in [2.75, 3.05) is 13.1 Å². The van der Waals surface area contributed by atoms with Crippen LogP contribution in [-0.2, 0) is 0 Å². The Morgan fingerprint density at radius 2 is 2.46 bits per heavy atom. The molecule has 0 saturated heterocycles. The first-order valence-electron chi connectivity index (χ1n) is 5.16. The summed E-state index contributed by atoms with van der Waals surface area (Å²) in [5, 5.41) is 0. The Balaban J connectivity index is 2.12. The molecule has 13 heavy (non-hydrogen) atoms. The fourth-order valence-electron chi connectivity index (χ4n) is 1.95. The van der Waals surface area contributed by atoms with E-state index >= 15 is 0 Å². The normalized spacial score (nSPS) is 22.0. The van der Waals surface area contributed by atoms with Gasteiger partial charge in [0.15, 0.2) is 5.71 Å². The summed E-state index contributed by atoms with van der Waals surface area (Å²) in [5.41, 5.74) is 3.04. The molecule has 2 aliphatic rings. The summed E-state index contributed by atoms with van der Waals surface area (Å²) in [6.07, 6.45) is 6.27. The lowest BCUT2D eigenvalue weighted by Crippen LogP contribution is -2.39. The van der Waals surface area contributed by atoms with Gasteiger partial charge in [0.05, 0.1) is 0 Å². The summed E-state index contributed by atoms with van der Waals surface area (Å²) < 4.78 is 5.05. The van der Waals surface area contributed by atoms with E-state index in [1.807, 2.05) is 0 Å². The van der Waals surface area contributed by atoms with Gasteiger partial charge >= 0.3 is 9.84 Å². The van der Waals surface area contributed by atoms with E-state index in [2.05, 4.69) is 28.7 Å². The highest BCUT2D eigenvalue weighted by atomic mass is 28.2. The second-order valence-electron chi connectivity index (χ2n) is 3.78. The van der Waals surface area contributed by atoms with Crippen LogP contribution >= 0.6 is 0 Å². The van der Waals surface area contributed by atoms with Gasteiger partial charge < -0.3 is 4.57 Å². The fourth-order valence-corrected chi connectivity index (χ4v) is 3.35. The zero-order chi connectivity index (χ0) is 9.26. The van der Waals surface area contributed by atoms with E-state index in [9.17, 15) is 0 Å². The molecule has 0 aromatic carbocycles. The second kappa shape index (κ2) is 3.66. The van der Waals surface area contributed by atoms with Crippen LogP contribution in [0.15, 0.2) is 11.8 Å². The van der Waals surface area contributed by atoms with Crippen molar-refractivity contribution in [2.24, 2.45) is 0 Å². The summed E-state index contributed by atoms with van der Waals surface area (Å²) in [6.45, 7) is 6.98. The summed E-state index contributed by atoms with van der Waals surface area (Å²) in [4.78, 5) is 0. The van der Waals surface area contributed by atoms with Crippen LogP contribution in [0.4, 0.5) is 0 Å². The molecule has 0 spiro atoms. The third-order valence-electron chi connectivity index (χ3n) is 2.65. The van der Waals surface area contributed by atoms with Gasteiger partial charge in [-0.1, -0.05) is 6.92 Å². The van der Waals surface area contributed by atoms with Crippen LogP contribution in [0.5, 0.6) is 0 Å². The van der Waals surface area contributed by atoms with Gasteiger partial charge in [-0.05, 0) is 13.3 Å². The van der Waals surface area contributed by atoms with Crippen LogP contribution in [0.25, 0.3) is 0 Å². The minimum atomic E-state index is 0.875. The Kier molecular flexibility index (Phi) is 2.53. The van der Waals surface area contributed by atoms with Crippen molar-refractivity contribution >= 4 is 15.6 Å². The number of hydrogen-bond acceptors (Lipinski definition) is 1. The molecule has 0 atom stereocenters. The Morgan fingerprint density at radius 3 is 3.23 bits per heavy atom. The first-order chi connectivity index (χ1) is 6.31. The van der Waals surface area contributed by atoms with E-state index in [4.69, 9.17) is 0 Å². The first-order valence-corrected chi connectivity index (χ1v) is 6.06. The lowest BCUT2D eigenvalue weighted by Gasteiger charge is -2.22. The molecule has 2 aliphatic heterocycles. The van der Waals surface area contributed by atoms with Crippen molar-refractivity contribution < 1.29 is 4.24 Å². The topological polar surface area (TPSA) is 6.25 Å². The summed E-state index contributed by atoms with van der Waals surface area (Å²) in [5.74, 6) is 0. The van der Waals surface area contributed by atoms with Gasteiger partial charge in [-0.3, -0.25) is 4.24 Å². The molecule has 0 aliphatic carbocycles. The maximum absolute atomic E-state index is 2.54. The molecule has 2 nitrogen and oxygen atoms in total. The van der Waals surface area contributed by atoms with Crippen LogP contribution in [0, 0.1) is 0 Å².